The molecule has 2 aliphatic rings. The summed E-state index contributed by atoms with van der Waals surface area (Å²) in [5, 5.41) is 6.31. The molecule has 90 valence electrons. The predicted molar refractivity (Wildman–Crippen MR) is 66.9 cm³/mol. The van der Waals surface area contributed by atoms with Gasteiger partial charge < -0.3 is 15.5 Å². The number of nitrogens with one attached hydrogen (secondary N) is 2. The fraction of sp³-hybridized carbons (Fsp3) is 0.462. The smallest absolute Gasteiger partial charge is 0.321 e. The zero-order chi connectivity index (χ0) is 11.7. The van der Waals surface area contributed by atoms with Crippen LogP contribution in [0, 0.1) is 11.8 Å². The minimum Gasteiger partial charge on any atom is -0.324 e. The molecule has 0 aliphatic carbocycles. The van der Waals surface area contributed by atoms with Crippen LogP contribution in [0.25, 0.3) is 0 Å². The summed E-state index contributed by atoms with van der Waals surface area (Å²) < 4.78 is 0. The maximum atomic E-state index is 12.0. The molecule has 2 saturated heterocycles. The van der Waals surface area contributed by atoms with Gasteiger partial charge in [-0.25, -0.2) is 4.79 Å². The first kappa shape index (κ1) is 10.6. The summed E-state index contributed by atoms with van der Waals surface area (Å²) in [6.45, 7) is 3.88. The molecule has 2 heterocycles. The first-order chi connectivity index (χ1) is 8.33. The molecule has 3 rings (SSSR count). The van der Waals surface area contributed by atoms with E-state index in [0.717, 1.165) is 31.9 Å². The summed E-state index contributed by atoms with van der Waals surface area (Å²) in [4.78, 5) is 14.0. The Balaban J connectivity index is 1.61. The number of urea groups is 1. The molecule has 1 aromatic rings. The Morgan fingerprint density at radius 1 is 1.18 bits per heavy atom. The van der Waals surface area contributed by atoms with E-state index >= 15 is 0 Å². The molecule has 0 radical (unpaired) electrons. The van der Waals surface area contributed by atoms with E-state index in [-0.39, 0.29) is 6.03 Å². The molecule has 0 saturated carbocycles. The molecule has 4 heteroatoms. The Morgan fingerprint density at radius 2 is 1.82 bits per heavy atom. The Bertz CT molecular complexity index is 394. The molecule has 0 spiro atoms. The van der Waals surface area contributed by atoms with Crippen LogP contribution in [0.2, 0.25) is 0 Å². The number of para-hydroxylation sites is 1. The van der Waals surface area contributed by atoms with Gasteiger partial charge in [0.25, 0.3) is 0 Å². The van der Waals surface area contributed by atoms with Gasteiger partial charge in [-0.2, -0.15) is 0 Å². The predicted octanol–water partition coefficient (Wildman–Crippen LogP) is 1.37. The van der Waals surface area contributed by atoms with Crippen molar-refractivity contribution in [1.29, 1.82) is 0 Å². The van der Waals surface area contributed by atoms with Crippen molar-refractivity contribution in [3.63, 3.8) is 0 Å². The average Bonchev–Trinajstić information content (AvgIpc) is 2.90. The van der Waals surface area contributed by atoms with Crippen LogP contribution >= 0.6 is 0 Å². The quantitative estimate of drug-likeness (QED) is 0.766. The lowest BCUT2D eigenvalue weighted by Gasteiger charge is -2.18. The van der Waals surface area contributed by atoms with Crippen molar-refractivity contribution in [3.8, 4) is 0 Å². The number of hydrogen-bond acceptors (Lipinski definition) is 2. The highest BCUT2D eigenvalue weighted by Gasteiger charge is 2.37. The molecule has 2 amide bonds. The van der Waals surface area contributed by atoms with Gasteiger partial charge in [-0.3, -0.25) is 0 Å². The lowest BCUT2D eigenvalue weighted by molar-refractivity contribution is 0.219. The van der Waals surface area contributed by atoms with E-state index in [0.29, 0.717) is 11.8 Å². The van der Waals surface area contributed by atoms with Gasteiger partial charge in [0.1, 0.15) is 0 Å². The van der Waals surface area contributed by atoms with Crippen LogP contribution < -0.4 is 10.6 Å². The molecule has 2 atom stereocenters. The number of likely N-dealkylation sites (tertiary alicyclic amines) is 1. The van der Waals surface area contributed by atoms with Crippen molar-refractivity contribution in [2.24, 2.45) is 11.8 Å². The summed E-state index contributed by atoms with van der Waals surface area (Å²) in [6.07, 6.45) is 0. The highest BCUT2D eigenvalue weighted by Crippen LogP contribution is 2.26. The SMILES string of the molecule is O=C(Nc1ccccc1)N1C[C@@H]2CNC[C@H]2C1. The van der Waals surface area contributed by atoms with Crippen molar-refractivity contribution in [2.45, 2.75) is 0 Å². The zero-order valence-electron chi connectivity index (χ0n) is 9.73. The van der Waals surface area contributed by atoms with Crippen molar-refractivity contribution in [3.05, 3.63) is 30.3 Å². The molecular weight excluding hydrogens is 214 g/mol. The van der Waals surface area contributed by atoms with Crippen LogP contribution in [0.1, 0.15) is 0 Å². The van der Waals surface area contributed by atoms with Crippen molar-refractivity contribution >= 4 is 11.7 Å². The van der Waals surface area contributed by atoms with Crippen molar-refractivity contribution in [1.82, 2.24) is 10.2 Å². The van der Waals surface area contributed by atoms with Crippen LogP contribution in [-0.4, -0.2) is 37.1 Å². The number of carbonyl (C=O) groups is 1. The molecule has 17 heavy (non-hydrogen) atoms. The van der Waals surface area contributed by atoms with E-state index in [1.165, 1.54) is 0 Å². The maximum Gasteiger partial charge on any atom is 0.321 e. The summed E-state index contributed by atoms with van der Waals surface area (Å²) in [5.74, 6) is 1.30. The van der Waals surface area contributed by atoms with E-state index in [2.05, 4.69) is 10.6 Å². The van der Waals surface area contributed by atoms with Gasteiger partial charge in [-0.05, 0) is 24.0 Å². The molecule has 2 aliphatic heterocycles. The first-order valence-electron chi connectivity index (χ1n) is 6.14. The molecule has 1 aromatic carbocycles. The molecule has 0 bridgehead atoms. The monoisotopic (exact) mass is 231 g/mol. The van der Waals surface area contributed by atoms with Gasteiger partial charge in [-0.1, -0.05) is 18.2 Å². The highest BCUT2D eigenvalue weighted by atomic mass is 16.2. The van der Waals surface area contributed by atoms with Crippen LogP contribution in [0.4, 0.5) is 10.5 Å². The van der Waals surface area contributed by atoms with Crippen LogP contribution in [-0.2, 0) is 0 Å². The highest BCUT2D eigenvalue weighted by molar-refractivity contribution is 5.89. The first-order valence-corrected chi connectivity index (χ1v) is 6.14. The van der Waals surface area contributed by atoms with Crippen molar-refractivity contribution < 1.29 is 4.79 Å². The second kappa shape index (κ2) is 4.37. The van der Waals surface area contributed by atoms with E-state index in [9.17, 15) is 4.79 Å². The maximum absolute atomic E-state index is 12.0. The van der Waals surface area contributed by atoms with E-state index in [1.807, 2.05) is 35.2 Å². The van der Waals surface area contributed by atoms with Crippen molar-refractivity contribution in [2.75, 3.05) is 31.5 Å². The van der Waals surface area contributed by atoms with Crippen LogP contribution in [0.5, 0.6) is 0 Å². The second-order valence-electron chi connectivity index (χ2n) is 4.88. The zero-order valence-corrected chi connectivity index (χ0v) is 9.73. The number of carbonyl (C=O) groups excluding carboxylic acids is 1. The number of hydrogen-bond donors (Lipinski definition) is 2. The van der Waals surface area contributed by atoms with Crippen LogP contribution in [0.3, 0.4) is 0 Å². The summed E-state index contributed by atoms with van der Waals surface area (Å²) in [6, 6.07) is 9.66. The normalized spacial score (nSPS) is 26.9. The van der Waals surface area contributed by atoms with E-state index < -0.39 is 0 Å². The molecular formula is C13H17N3O. The topological polar surface area (TPSA) is 44.4 Å². The molecule has 2 N–H and O–H groups in total. The minimum atomic E-state index is 0.0330. The Labute approximate surface area is 101 Å². The van der Waals surface area contributed by atoms with E-state index in [1.54, 1.807) is 0 Å². The summed E-state index contributed by atoms with van der Waals surface area (Å²) in [7, 11) is 0. The summed E-state index contributed by atoms with van der Waals surface area (Å²) >= 11 is 0. The third kappa shape index (κ3) is 2.13. The average molecular weight is 231 g/mol. The molecule has 0 aromatic heterocycles. The van der Waals surface area contributed by atoms with Gasteiger partial charge in [-0.15, -0.1) is 0 Å². The number of anilines is 1. The Kier molecular flexibility index (Phi) is 2.73. The third-order valence-electron chi connectivity index (χ3n) is 3.70. The lowest BCUT2D eigenvalue weighted by Crippen LogP contribution is -2.35. The molecule has 4 nitrogen and oxygen atoms in total. The van der Waals surface area contributed by atoms with Gasteiger partial charge >= 0.3 is 6.03 Å². The largest absolute Gasteiger partial charge is 0.324 e. The number of rotatable bonds is 1. The van der Waals surface area contributed by atoms with Gasteiger partial charge in [0.05, 0.1) is 0 Å². The number of fused-ring (bicyclic) bond motifs is 1. The molecule has 2 fully saturated rings. The molecule has 0 unspecified atom stereocenters. The number of nitrogens with zero attached hydrogens (tertiary/aromatic N) is 1. The Hall–Kier alpha value is -1.55. The second-order valence-corrected chi connectivity index (χ2v) is 4.88. The number of amides is 2. The standard InChI is InChI=1S/C13H17N3O/c17-13(15-12-4-2-1-3-5-12)16-8-10-6-14-7-11(10)9-16/h1-5,10-11,14H,6-9H2,(H,15,17)/t10-,11-/m0/s1. The third-order valence-corrected chi connectivity index (χ3v) is 3.70. The van der Waals surface area contributed by atoms with Gasteiger partial charge in [0.2, 0.25) is 0 Å². The summed E-state index contributed by atoms with van der Waals surface area (Å²) in [5.41, 5.74) is 0.868. The lowest BCUT2D eigenvalue weighted by atomic mass is 10.0. The fourth-order valence-electron chi connectivity index (χ4n) is 2.75. The van der Waals surface area contributed by atoms with E-state index in [4.69, 9.17) is 0 Å². The minimum absolute atomic E-state index is 0.0330. The fourth-order valence-corrected chi connectivity index (χ4v) is 2.75. The van der Waals surface area contributed by atoms with Gasteiger partial charge in [0.15, 0.2) is 0 Å². The van der Waals surface area contributed by atoms with Gasteiger partial charge in [0, 0.05) is 31.9 Å². The number of benzene rings is 1. The van der Waals surface area contributed by atoms with Crippen LogP contribution in [0.15, 0.2) is 30.3 Å². The Morgan fingerprint density at radius 3 is 2.47 bits per heavy atom.